The van der Waals surface area contributed by atoms with Crippen LogP contribution in [0.3, 0.4) is 0 Å². The van der Waals surface area contributed by atoms with Crippen molar-refractivity contribution in [2.24, 2.45) is 5.92 Å². The number of hydrogen-bond acceptors (Lipinski definition) is 5. The molecule has 6 nitrogen and oxygen atoms in total. The van der Waals surface area contributed by atoms with Gasteiger partial charge in [0.05, 0.1) is 23.4 Å². The Morgan fingerprint density at radius 3 is 2.82 bits per heavy atom. The first-order valence-corrected chi connectivity index (χ1v) is 10.2. The molecule has 4 rings (SSSR count). The maximum Gasteiger partial charge on any atom is 0.223 e. The molecule has 0 bridgehead atoms. The van der Waals surface area contributed by atoms with Crippen LogP contribution in [0.5, 0.6) is 0 Å². The predicted octanol–water partition coefficient (Wildman–Crippen LogP) is 3.23. The van der Waals surface area contributed by atoms with Crippen LogP contribution in [0.15, 0.2) is 30.6 Å². The standard InChI is InChI=1S/C21H25ClN4O2/c1-14-3-2-7-23-20(14)17-11-19(24-12-18(17)22)26-8-4-15(5-9-26)21(27)25-16-6-10-28-13-16/h2-3,7,11-12,15-16H,4-6,8-10,13H2,1H3,(H,25,27). The van der Waals surface area contributed by atoms with Gasteiger partial charge in [-0.2, -0.15) is 0 Å². The number of halogens is 1. The second-order valence-corrected chi connectivity index (χ2v) is 7.93. The van der Waals surface area contributed by atoms with Gasteiger partial charge in [-0.15, -0.1) is 0 Å². The van der Waals surface area contributed by atoms with Gasteiger partial charge in [0, 0.05) is 43.6 Å². The van der Waals surface area contributed by atoms with Crippen molar-refractivity contribution in [1.29, 1.82) is 0 Å². The molecule has 2 aliphatic rings. The molecule has 28 heavy (non-hydrogen) atoms. The van der Waals surface area contributed by atoms with Crippen molar-refractivity contribution in [3.05, 3.63) is 41.2 Å². The van der Waals surface area contributed by atoms with Gasteiger partial charge in [0.25, 0.3) is 0 Å². The molecule has 0 radical (unpaired) electrons. The summed E-state index contributed by atoms with van der Waals surface area (Å²) in [4.78, 5) is 23.7. The summed E-state index contributed by atoms with van der Waals surface area (Å²) in [6.45, 7) is 5.00. The van der Waals surface area contributed by atoms with Crippen molar-refractivity contribution in [2.75, 3.05) is 31.2 Å². The van der Waals surface area contributed by atoms with E-state index in [0.717, 1.165) is 61.6 Å². The summed E-state index contributed by atoms with van der Waals surface area (Å²) < 4.78 is 5.34. The first-order chi connectivity index (χ1) is 13.6. The van der Waals surface area contributed by atoms with Crippen LogP contribution in [0, 0.1) is 12.8 Å². The Bertz CT molecular complexity index is 846. The Kier molecular flexibility index (Phi) is 5.78. The fourth-order valence-electron chi connectivity index (χ4n) is 3.89. The molecule has 2 saturated heterocycles. The van der Waals surface area contributed by atoms with Crippen LogP contribution in [0.25, 0.3) is 11.3 Å². The van der Waals surface area contributed by atoms with Gasteiger partial charge in [-0.3, -0.25) is 9.78 Å². The third kappa shape index (κ3) is 4.13. The molecule has 0 aliphatic carbocycles. The number of carbonyl (C=O) groups excluding carboxylic acids is 1. The zero-order valence-electron chi connectivity index (χ0n) is 16.0. The highest BCUT2D eigenvalue weighted by atomic mass is 35.5. The van der Waals surface area contributed by atoms with E-state index in [9.17, 15) is 4.79 Å². The molecule has 2 aromatic rings. The lowest BCUT2D eigenvalue weighted by Crippen LogP contribution is -2.44. The molecule has 0 spiro atoms. The fraction of sp³-hybridized carbons (Fsp3) is 0.476. The number of rotatable bonds is 4. The fourth-order valence-corrected chi connectivity index (χ4v) is 4.08. The van der Waals surface area contributed by atoms with E-state index in [0.29, 0.717) is 11.6 Å². The summed E-state index contributed by atoms with van der Waals surface area (Å²) in [6.07, 6.45) is 6.02. The van der Waals surface area contributed by atoms with Gasteiger partial charge in [0.15, 0.2) is 0 Å². The first-order valence-electron chi connectivity index (χ1n) is 9.82. The minimum atomic E-state index is 0.0571. The molecule has 0 saturated carbocycles. The van der Waals surface area contributed by atoms with Crippen LogP contribution in [0.2, 0.25) is 5.02 Å². The lowest BCUT2D eigenvalue weighted by atomic mass is 9.95. The summed E-state index contributed by atoms with van der Waals surface area (Å²) >= 11 is 6.40. The molecule has 1 unspecified atom stereocenters. The van der Waals surface area contributed by atoms with Crippen LogP contribution >= 0.6 is 11.6 Å². The summed E-state index contributed by atoms with van der Waals surface area (Å²) in [5.41, 5.74) is 2.85. The molecular weight excluding hydrogens is 376 g/mol. The molecule has 2 aliphatic heterocycles. The van der Waals surface area contributed by atoms with E-state index < -0.39 is 0 Å². The normalized spacial score (nSPS) is 20.4. The van der Waals surface area contributed by atoms with Crippen molar-refractivity contribution < 1.29 is 9.53 Å². The van der Waals surface area contributed by atoms with Crippen LogP contribution in [0.1, 0.15) is 24.8 Å². The summed E-state index contributed by atoms with van der Waals surface area (Å²) in [6, 6.07) is 6.13. The van der Waals surface area contributed by atoms with Gasteiger partial charge in [0.2, 0.25) is 5.91 Å². The Labute approximate surface area is 170 Å². The minimum Gasteiger partial charge on any atom is -0.379 e. The average Bonchev–Trinajstić information content (AvgIpc) is 3.22. The van der Waals surface area contributed by atoms with E-state index in [1.54, 1.807) is 12.4 Å². The number of aromatic nitrogens is 2. The Balaban J connectivity index is 1.43. The largest absolute Gasteiger partial charge is 0.379 e. The summed E-state index contributed by atoms with van der Waals surface area (Å²) in [7, 11) is 0. The topological polar surface area (TPSA) is 67.4 Å². The third-order valence-corrected chi connectivity index (χ3v) is 5.87. The van der Waals surface area contributed by atoms with Gasteiger partial charge < -0.3 is 15.0 Å². The third-order valence-electron chi connectivity index (χ3n) is 5.57. The van der Waals surface area contributed by atoms with E-state index in [-0.39, 0.29) is 17.9 Å². The number of piperidine rings is 1. The Hall–Kier alpha value is -2.18. The highest BCUT2D eigenvalue weighted by molar-refractivity contribution is 6.33. The van der Waals surface area contributed by atoms with Crippen LogP contribution in [-0.4, -0.2) is 48.2 Å². The monoisotopic (exact) mass is 400 g/mol. The number of anilines is 1. The first kappa shape index (κ1) is 19.2. The number of nitrogens with one attached hydrogen (secondary N) is 1. The van der Waals surface area contributed by atoms with Crippen LogP contribution in [-0.2, 0) is 9.53 Å². The van der Waals surface area contributed by atoms with E-state index in [4.69, 9.17) is 16.3 Å². The molecule has 1 amide bonds. The van der Waals surface area contributed by atoms with Crippen LogP contribution < -0.4 is 10.2 Å². The Morgan fingerprint density at radius 1 is 1.29 bits per heavy atom. The molecule has 0 aromatic carbocycles. The number of pyridine rings is 2. The zero-order valence-corrected chi connectivity index (χ0v) is 16.8. The Morgan fingerprint density at radius 2 is 2.11 bits per heavy atom. The van der Waals surface area contributed by atoms with Gasteiger partial charge in [-0.25, -0.2) is 4.98 Å². The lowest BCUT2D eigenvalue weighted by Gasteiger charge is -2.32. The van der Waals surface area contributed by atoms with Crippen LogP contribution in [0.4, 0.5) is 5.82 Å². The van der Waals surface area contributed by atoms with Crippen molar-refractivity contribution in [3.8, 4) is 11.3 Å². The number of amides is 1. The zero-order chi connectivity index (χ0) is 19.5. The summed E-state index contributed by atoms with van der Waals surface area (Å²) in [5, 5.41) is 3.72. The molecule has 1 atom stereocenters. The molecule has 148 valence electrons. The molecule has 2 aromatic heterocycles. The lowest BCUT2D eigenvalue weighted by molar-refractivity contribution is -0.126. The summed E-state index contributed by atoms with van der Waals surface area (Å²) in [5.74, 6) is 1.10. The minimum absolute atomic E-state index is 0.0571. The predicted molar refractivity (Wildman–Crippen MR) is 110 cm³/mol. The second-order valence-electron chi connectivity index (χ2n) is 7.52. The van der Waals surface area contributed by atoms with Crippen molar-refractivity contribution >= 4 is 23.3 Å². The molecule has 1 N–H and O–H groups in total. The van der Waals surface area contributed by atoms with Gasteiger partial charge >= 0.3 is 0 Å². The van der Waals surface area contributed by atoms with E-state index in [2.05, 4.69) is 20.2 Å². The second kappa shape index (κ2) is 8.45. The van der Waals surface area contributed by atoms with Gasteiger partial charge in [-0.05, 0) is 43.9 Å². The molecule has 4 heterocycles. The number of nitrogens with zero attached hydrogens (tertiary/aromatic N) is 3. The van der Waals surface area contributed by atoms with Gasteiger partial charge in [0.1, 0.15) is 5.82 Å². The van der Waals surface area contributed by atoms with Crippen molar-refractivity contribution in [1.82, 2.24) is 15.3 Å². The van der Waals surface area contributed by atoms with Crippen molar-refractivity contribution in [2.45, 2.75) is 32.2 Å². The van der Waals surface area contributed by atoms with E-state index in [1.807, 2.05) is 25.1 Å². The molecular formula is C21H25ClN4O2. The maximum absolute atomic E-state index is 12.5. The molecule has 7 heteroatoms. The number of hydrogen-bond donors (Lipinski definition) is 1. The number of carbonyl (C=O) groups is 1. The van der Waals surface area contributed by atoms with Gasteiger partial charge in [-0.1, -0.05) is 17.7 Å². The SMILES string of the molecule is Cc1cccnc1-c1cc(N2CCC(C(=O)NC3CCOC3)CC2)ncc1Cl. The average molecular weight is 401 g/mol. The molecule has 2 fully saturated rings. The smallest absolute Gasteiger partial charge is 0.223 e. The quantitative estimate of drug-likeness (QED) is 0.853. The van der Waals surface area contributed by atoms with E-state index in [1.165, 1.54) is 0 Å². The highest BCUT2D eigenvalue weighted by Gasteiger charge is 2.28. The number of ether oxygens (including phenoxy) is 1. The maximum atomic E-state index is 12.5. The van der Waals surface area contributed by atoms with E-state index >= 15 is 0 Å². The van der Waals surface area contributed by atoms with Crippen molar-refractivity contribution in [3.63, 3.8) is 0 Å². The highest BCUT2D eigenvalue weighted by Crippen LogP contribution is 2.32. The number of aryl methyl sites for hydroxylation is 1.